The van der Waals surface area contributed by atoms with Gasteiger partial charge in [0.1, 0.15) is 18.1 Å². The highest BCUT2D eigenvalue weighted by Crippen LogP contribution is 2.21. The van der Waals surface area contributed by atoms with Gasteiger partial charge in [0.25, 0.3) is 5.91 Å². The van der Waals surface area contributed by atoms with Crippen molar-refractivity contribution in [3.8, 4) is 0 Å². The van der Waals surface area contributed by atoms with Crippen LogP contribution in [-0.4, -0.2) is 34.3 Å². The second-order valence-electron chi connectivity index (χ2n) is 5.03. The summed E-state index contributed by atoms with van der Waals surface area (Å²) in [6, 6.07) is 18.4. The molecular weight excluding hydrogens is 292 g/mol. The standard InChI is InChI=1S/C18H14N2O3/c21-16(22)12-20-17(14-9-5-2-6-10-14)19-15(18(20)23)11-13-7-3-1-4-8-13/h1-11H,12H2,(H,21,22)/b15-11-. The molecule has 0 unspecified atom stereocenters. The fourth-order valence-corrected chi connectivity index (χ4v) is 2.35. The molecule has 114 valence electrons. The highest BCUT2D eigenvalue weighted by Gasteiger charge is 2.32. The zero-order valence-electron chi connectivity index (χ0n) is 12.2. The van der Waals surface area contributed by atoms with Gasteiger partial charge in [-0.1, -0.05) is 60.7 Å². The lowest BCUT2D eigenvalue weighted by molar-refractivity contribution is -0.140. The average Bonchev–Trinajstić information content (AvgIpc) is 2.86. The summed E-state index contributed by atoms with van der Waals surface area (Å²) in [5.41, 5.74) is 1.78. The fraction of sp³-hybridized carbons (Fsp3) is 0.0556. The minimum Gasteiger partial charge on any atom is -0.480 e. The predicted octanol–water partition coefficient (Wildman–Crippen LogP) is 2.40. The first-order valence-corrected chi connectivity index (χ1v) is 7.09. The van der Waals surface area contributed by atoms with Crippen molar-refractivity contribution in [3.63, 3.8) is 0 Å². The molecule has 3 rings (SSSR count). The van der Waals surface area contributed by atoms with Crippen molar-refractivity contribution in [2.24, 2.45) is 4.99 Å². The molecule has 0 bridgehead atoms. The number of hydrogen-bond acceptors (Lipinski definition) is 3. The van der Waals surface area contributed by atoms with E-state index in [9.17, 15) is 9.59 Å². The van der Waals surface area contributed by atoms with Crippen LogP contribution in [0.1, 0.15) is 11.1 Å². The Balaban J connectivity index is 2.03. The maximum Gasteiger partial charge on any atom is 0.323 e. The Hall–Kier alpha value is -3.21. The van der Waals surface area contributed by atoms with Gasteiger partial charge in [-0.3, -0.25) is 14.5 Å². The molecule has 1 amide bonds. The average molecular weight is 306 g/mol. The van der Waals surface area contributed by atoms with Crippen molar-refractivity contribution >= 4 is 23.8 Å². The molecule has 0 spiro atoms. The first-order valence-electron chi connectivity index (χ1n) is 7.09. The zero-order chi connectivity index (χ0) is 16.2. The number of aliphatic imine (C=N–C) groups is 1. The molecule has 0 radical (unpaired) electrons. The smallest absolute Gasteiger partial charge is 0.323 e. The van der Waals surface area contributed by atoms with Crippen LogP contribution in [0.15, 0.2) is 71.4 Å². The number of rotatable bonds is 4. The summed E-state index contributed by atoms with van der Waals surface area (Å²) < 4.78 is 0. The summed E-state index contributed by atoms with van der Waals surface area (Å²) in [5, 5.41) is 9.06. The lowest BCUT2D eigenvalue weighted by atomic mass is 10.2. The highest BCUT2D eigenvalue weighted by molar-refractivity contribution is 6.20. The Labute approximate surface area is 133 Å². The Morgan fingerprint density at radius 1 is 1.04 bits per heavy atom. The lowest BCUT2D eigenvalue weighted by Gasteiger charge is -2.15. The fourth-order valence-electron chi connectivity index (χ4n) is 2.35. The van der Waals surface area contributed by atoms with Crippen LogP contribution in [0.5, 0.6) is 0 Å². The highest BCUT2D eigenvalue weighted by atomic mass is 16.4. The van der Waals surface area contributed by atoms with Gasteiger partial charge in [0.15, 0.2) is 0 Å². The van der Waals surface area contributed by atoms with Gasteiger partial charge in [-0.05, 0) is 11.6 Å². The molecule has 2 aromatic carbocycles. The molecular formula is C18H14N2O3. The van der Waals surface area contributed by atoms with E-state index in [1.807, 2.05) is 48.5 Å². The van der Waals surface area contributed by atoms with Crippen molar-refractivity contribution in [2.75, 3.05) is 6.54 Å². The molecule has 5 heteroatoms. The molecule has 0 atom stereocenters. The van der Waals surface area contributed by atoms with Gasteiger partial charge in [-0.25, -0.2) is 4.99 Å². The van der Waals surface area contributed by atoms with Gasteiger partial charge < -0.3 is 5.11 Å². The van der Waals surface area contributed by atoms with Crippen LogP contribution in [0.25, 0.3) is 6.08 Å². The second kappa shape index (κ2) is 6.27. The third-order valence-corrected chi connectivity index (χ3v) is 3.37. The number of carbonyl (C=O) groups is 2. The minimum atomic E-state index is -1.08. The Bertz CT molecular complexity index is 796. The molecule has 1 aliphatic rings. The van der Waals surface area contributed by atoms with Crippen molar-refractivity contribution in [1.82, 2.24) is 4.90 Å². The van der Waals surface area contributed by atoms with Gasteiger partial charge in [0.05, 0.1) is 0 Å². The number of aliphatic carboxylic acids is 1. The quantitative estimate of drug-likeness (QED) is 0.882. The number of nitrogens with zero attached hydrogens (tertiary/aromatic N) is 2. The van der Waals surface area contributed by atoms with Gasteiger partial charge in [0.2, 0.25) is 0 Å². The first kappa shape index (κ1) is 14.7. The van der Waals surface area contributed by atoms with Crippen LogP contribution in [0.3, 0.4) is 0 Å². The third kappa shape index (κ3) is 3.18. The zero-order valence-corrected chi connectivity index (χ0v) is 12.2. The Morgan fingerprint density at radius 2 is 1.65 bits per heavy atom. The number of benzene rings is 2. The molecule has 1 N–H and O–H groups in total. The normalized spacial score (nSPS) is 15.8. The predicted molar refractivity (Wildman–Crippen MR) is 86.7 cm³/mol. The number of carboxylic acid groups (broad SMARTS) is 1. The Kier molecular flexibility index (Phi) is 4.01. The van der Waals surface area contributed by atoms with Crippen molar-refractivity contribution in [1.29, 1.82) is 0 Å². The van der Waals surface area contributed by atoms with Gasteiger partial charge >= 0.3 is 5.97 Å². The maximum absolute atomic E-state index is 12.5. The van der Waals surface area contributed by atoms with Crippen LogP contribution in [0.4, 0.5) is 0 Å². The molecule has 0 saturated heterocycles. The largest absolute Gasteiger partial charge is 0.480 e. The Morgan fingerprint density at radius 3 is 2.26 bits per heavy atom. The van der Waals surface area contributed by atoms with Gasteiger partial charge in [-0.15, -0.1) is 0 Å². The van der Waals surface area contributed by atoms with Crippen molar-refractivity contribution < 1.29 is 14.7 Å². The van der Waals surface area contributed by atoms with Crippen LogP contribution in [0, 0.1) is 0 Å². The summed E-state index contributed by atoms with van der Waals surface area (Å²) >= 11 is 0. The van der Waals surface area contributed by atoms with E-state index in [2.05, 4.69) is 4.99 Å². The molecule has 1 heterocycles. The molecule has 1 aliphatic heterocycles. The second-order valence-corrected chi connectivity index (χ2v) is 5.03. The number of carbonyl (C=O) groups excluding carboxylic acids is 1. The summed E-state index contributed by atoms with van der Waals surface area (Å²) in [4.78, 5) is 29.1. The molecule has 0 fully saturated rings. The van der Waals surface area contributed by atoms with Crippen molar-refractivity contribution in [2.45, 2.75) is 0 Å². The van der Waals surface area contributed by atoms with E-state index in [0.717, 1.165) is 5.56 Å². The molecule has 0 aromatic heterocycles. The summed E-state index contributed by atoms with van der Waals surface area (Å²) in [5.74, 6) is -1.13. The third-order valence-electron chi connectivity index (χ3n) is 3.37. The SMILES string of the molecule is O=C(O)CN1C(=O)/C(=C/c2ccccc2)N=C1c1ccccc1. The monoisotopic (exact) mass is 306 g/mol. The molecule has 0 saturated carbocycles. The van der Waals surface area contributed by atoms with E-state index in [4.69, 9.17) is 5.11 Å². The van der Waals surface area contributed by atoms with Crippen molar-refractivity contribution in [3.05, 3.63) is 77.5 Å². The van der Waals surface area contributed by atoms with E-state index in [-0.39, 0.29) is 5.70 Å². The summed E-state index contributed by atoms with van der Waals surface area (Å²) in [6.45, 7) is -0.418. The summed E-state index contributed by atoms with van der Waals surface area (Å²) in [6.07, 6.45) is 1.66. The number of amides is 1. The van der Waals surface area contributed by atoms with Crippen LogP contribution < -0.4 is 0 Å². The van der Waals surface area contributed by atoms with E-state index in [1.165, 1.54) is 4.90 Å². The number of carboxylic acids is 1. The van der Waals surface area contributed by atoms with E-state index in [0.29, 0.717) is 11.4 Å². The van der Waals surface area contributed by atoms with E-state index >= 15 is 0 Å². The molecule has 2 aromatic rings. The first-order chi connectivity index (χ1) is 11.1. The summed E-state index contributed by atoms with van der Waals surface area (Å²) in [7, 11) is 0. The molecule has 0 aliphatic carbocycles. The van der Waals surface area contributed by atoms with Crippen LogP contribution in [-0.2, 0) is 9.59 Å². The van der Waals surface area contributed by atoms with Crippen LogP contribution >= 0.6 is 0 Å². The van der Waals surface area contributed by atoms with Gasteiger partial charge in [-0.2, -0.15) is 0 Å². The molecule has 23 heavy (non-hydrogen) atoms. The van der Waals surface area contributed by atoms with E-state index in [1.54, 1.807) is 18.2 Å². The number of amidine groups is 1. The number of hydrogen-bond donors (Lipinski definition) is 1. The van der Waals surface area contributed by atoms with Crippen LogP contribution in [0.2, 0.25) is 0 Å². The molecule has 5 nitrogen and oxygen atoms in total. The van der Waals surface area contributed by atoms with Gasteiger partial charge in [0, 0.05) is 5.56 Å². The topological polar surface area (TPSA) is 70.0 Å². The lowest BCUT2D eigenvalue weighted by Crippen LogP contribution is -2.37. The maximum atomic E-state index is 12.5. The minimum absolute atomic E-state index is 0.233. The van der Waals surface area contributed by atoms with E-state index < -0.39 is 18.4 Å².